The Kier molecular flexibility index (Phi) is 5.35. The molecule has 1 saturated carbocycles. The van der Waals surface area contributed by atoms with Gasteiger partial charge in [-0.25, -0.2) is 8.42 Å². The zero-order valence-corrected chi connectivity index (χ0v) is 16.7. The number of benzene rings is 2. The number of nitrogens with zero attached hydrogens (tertiary/aromatic N) is 2. The van der Waals surface area contributed by atoms with Crippen molar-refractivity contribution in [3.05, 3.63) is 65.7 Å². The zero-order chi connectivity index (χ0) is 18.9. The molecule has 27 heavy (non-hydrogen) atoms. The van der Waals surface area contributed by atoms with Gasteiger partial charge in [0.1, 0.15) is 0 Å². The van der Waals surface area contributed by atoms with Crippen LogP contribution in [-0.4, -0.2) is 49.3 Å². The van der Waals surface area contributed by atoms with Gasteiger partial charge in [0.05, 0.1) is 4.90 Å². The first-order valence-corrected chi connectivity index (χ1v) is 11.4. The number of hydrogen-bond donors (Lipinski definition) is 0. The molecule has 0 amide bonds. The molecule has 0 bridgehead atoms. The van der Waals surface area contributed by atoms with E-state index in [-0.39, 0.29) is 6.04 Å². The highest BCUT2D eigenvalue weighted by molar-refractivity contribution is 7.89. The molecule has 1 saturated heterocycles. The third kappa shape index (κ3) is 4.10. The van der Waals surface area contributed by atoms with E-state index < -0.39 is 10.0 Å². The molecule has 0 spiro atoms. The van der Waals surface area contributed by atoms with E-state index in [1.807, 2.05) is 30.3 Å². The Morgan fingerprint density at radius 2 is 1.63 bits per heavy atom. The molecule has 1 atom stereocenters. The Morgan fingerprint density at radius 3 is 2.26 bits per heavy atom. The molecule has 1 unspecified atom stereocenters. The maximum Gasteiger partial charge on any atom is 0.243 e. The Morgan fingerprint density at radius 1 is 0.926 bits per heavy atom. The lowest BCUT2D eigenvalue weighted by molar-refractivity contribution is 0.128. The molecular formula is C22H28N2O2S. The number of sulfonamides is 1. The average Bonchev–Trinajstić information content (AvgIpc) is 3.54. The summed E-state index contributed by atoms with van der Waals surface area (Å²) in [7, 11) is -3.48. The topological polar surface area (TPSA) is 40.6 Å². The van der Waals surface area contributed by atoms with Crippen molar-refractivity contribution in [2.24, 2.45) is 0 Å². The van der Waals surface area contributed by atoms with E-state index in [2.05, 4.69) is 24.0 Å². The monoisotopic (exact) mass is 384 g/mol. The van der Waals surface area contributed by atoms with Crippen LogP contribution in [0.25, 0.3) is 0 Å². The molecule has 144 valence electrons. The van der Waals surface area contributed by atoms with E-state index in [1.54, 1.807) is 16.4 Å². The summed E-state index contributed by atoms with van der Waals surface area (Å²) in [6.07, 6.45) is 4.18. The van der Waals surface area contributed by atoms with E-state index >= 15 is 0 Å². The molecule has 1 aliphatic carbocycles. The van der Waals surface area contributed by atoms with Gasteiger partial charge in [0.2, 0.25) is 10.0 Å². The molecule has 5 heteroatoms. The fourth-order valence-electron chi connectivity index (χ4n) is 4.04. The van der Waals surface area contributed by atoms with Crippen LogP contribution in [0.2, 0.25) is 0 Å². The summed E-state index contributed by atoms with van der Waals surface area (Å²) in [5.41, 5.74) is 2.36. The Balaban J connectivity index is 1.60. The van der Waals surface area contributed by atoms with Gasteiger partial charge in [0.25, 0.3) is 0 Å². The molecule has 2 aliphatic rings. The normalized spacial score (nSPS) is 22.0. The number of rotatable bonds is 6. The first-order valence-electron chi connectivity index (χ1n) is 9.96. The van der Waals surface area contributed by atoms with Crippen molar-refractivity contribution in [3.63, 3.8) is 0 Å². The van der Waals surface area contributed by atoms with E-state index in [0.717, 1.165) is 31.5 Å². The molecule has 4 nitrogen and oxygen atoms in total. The zero-order valence-electron chi connectivity index (χ0n) is 15.9. The third-order valence-corrected chi connectivity index (χ3v) is 7.74. The van der Waals surface area contributed by atoms with Crippen molar-refractivity contribution in [1.29, 1.82) is 0 Å². The van der Waals surface area contributed by atoms with Crippen LogP contribution in [0, 0.1) is 0 Å². The van der Waals surface area contributed by atoms with Crippen molar-refractivity contribution in [3.8, 4) is 0 Å². The molecule has 2 aromatic carbocycles. The smallest absolute Gasteiger partial charge is 0.243 e. The highest BCUT2D eigenvalue weighted by Crippen LogP contribution is 2.31. The van der Waals surface area contributed by atoms with Crippen LogP contribution in [0.1, 0.15) is 30.9 Å². The highest BCUT2D eigenvalue weighted by Gasteiger charge is 2.40. The van der Waals surface area contributed by atoms with Gasteiger partial charge in [-0.3, -0.25) is 4.90 Å². The Hall–Kier alpha value is -1.69. The second-order valence-electron chi connectivity index (χ2n) is 7.68. The van der Waals surface area contributed by atoms with E-state index in [4.69, 9.17) is 0 Å². The lowest BCUT2D eigenvalue weighted by Crippen LogP contribution is -2.56. The quantitative estimate of drug-likeness (QED) is 0.767. The summed E-state index contributed by atoms with van der Waals surface area (Å²) in [6.45, 7) is 4.32. The predicted octanol–water partition coefficient (Wildman–Crippen LogP) is 3.33. The van der Waals surface area contributed by atoms with Crippen LogP contribution in [-0.2, 0) is 22.9 Å². The molecule has 2 aromatic rings. The van der Waals surface area contributed by atoms with E-state index in [1.165, 1.54) is 18.4 Å². The lowest BCUT2D eigenvalue weighted by atomic mass is 10.0. The maximum absolute atomic E-state index is 13.4. The van der Waals surface area contributed by atoms with Gasteiger partial charge >= 0.3 is 0 Å². The van der Waals surface area contributed by atoms with Crippen molar-refractivity contribution in [2.45, 2.75) is 49.6 Å². The fourth-order valence-corrected chi connectivity index (χ4v) is 5.64. The van der Waals surface area contributed by atoms with Crippen molar-refractivity contribution < 1.29 is 8.42 Å². The summed E-state index contributed by atoms with van der Waals surface area (Å²) in [4.78, 5) is 2.90. The molecule has 4 rings (SSSR count). The summed E-state index contributed by atoms with van der Waals surface area (Å²) in [5.74, 6) is 0. The van der Waals surface area contributed by atoms with E-state index in [0.29, 0.717) is 17.5 Å². The minimum atomic E-state index is -3.48. The predicted molar refractivity (Wildman–Crippen MR) is 108 cm³/mol. The summed E-state index contributed by atoms with van der Waals surface area (Å²) < 4.78 is 28.5. The summed E-state index contributed by atoms with van der Waals surface area (Å²) in [6, 6.07) is 18.3. The Labute approximate surface area is 162 Å². The highest BCUT2D eigenvalue weighted by atomic mass is 32.2. The van der Waals surface area contributed by atoms with Crippen molar-refractivity contribution >= 4 is 10.0 Å². The van der Waals surface area contributed by atoms with Gasteiger partial charge in [-0.1, -0.05) is 49.4 Å². The van der Waals surface area contributed by atoms with Crippen molar-refractivity contribution in [2.75, 3.05) is 19.6 Å². The summed E-state index contributed by atoms with van der Waals surface area (Å²) >= 11 is 0. The van der Waals surface area contributed by atoms with Crippen LogP contribution >= 0.6 is 0 Å². The maximum atomic E-state index is 13.4. The number of aryl methyl sites for hydroxylation is 1. The molecule has 1 aliphatic heterocycles. The molecule has 2 fully saturated rings. The minimum absolute atomic E-state index is 0.0161. The fraction of sp³-hybridized carbons (Fsp3) is 0.455. The third-order valence-electron chi connectivity index (χ3n) is 5.78. The van der Waals surface area contributed by atoms with Gasteiger partial charge in [-0.15, -0.1) is 0 Å². The SMILES string of the molecule is CCc1ccc(S(=O)(=O)N2CCN(C3CC3)CC2Cc2ccccc2)cc1. The van der Waals surface area contributed by atoms with Crippen LogP contribution in [0.3, 0.4) is 0 Å². The van der Waals surface area contributed by atoms with E-state index in [9.17, 15) is 8.42 Å². The number of piperazine rings is 1. The van der Waals surface area contributed by atoms with Crippen LogP contribution in [0.5, 0.6) is 0 Å². The first-order chi connectivity index (χ1) is 13.1. The minimum Gasteiger partial charge on any atom is -0.297 e. The van der Waals surface area contributed by atoms with Gasteiger partial charge in [0, 0.05) is 31.7 Å². The molecule has 0 radical (unpaired) electrons. The van der Waals surface area contributed by atoms with Gasteiger partial charge in [-0.05, 0) is 48.9 Å². The second kappa shape index (κ2) is 7.74. The van der Waals surface area contributed by atoms with Gasteiger partial charge < -0.3 is 0 Å². The standard InChI is InChI=1S/C22H28N2O2S/c1-2-18-8-12-22(13-9-18)27(25,26)24-15-14-23(20-10-11-20)17-21(24)16-19-6-4-3-5-7-19/h3-9,12-13,20-21H,2,10-11,14-17H2,1H3. The lowest BCUT2D eigenvalue weighted by Gasteiger charge is -2.41. The second-order valence-corrected chi connectivity index (χ2v) is 9.57. The largest absolute Gasteiger partial charge is 0.297 e. The van der Waals surface area contributed by atoms with Gasteiger partial charge in [0.15, 0.2) is 0 Å². The van der Waals surface area contributed by atoms with Crippen LogP contribution in [0.15, 0.2) is 59.5 Å². The van der Waals surface area contributed by atoms with Crippen LogP contribution < -0.4 is 0 Å². The molecule has 0 N–H and O–H groups in total. The molecule has 1 heterocycles. The first kappa shape index (κ1) is 18.7. The Bertz CT molecular complexity index is 861. The van der Waals surface area contributed by atoms with Crippen molar-refractivity contribution in [1.82, 2.24) is 9.21 Å². The molecular weight excluding hydrogens is 356 g/mol. The average molecular weight is 385 g/mol. The molecule has 0 aromatic heterocycles. The summed E-state index contributed by atoms with van der Waals surface area (Å²) in [5, 5.41) is 0. The van der Waals surface area contributed by atoms with Gasteiger partial charge in [-0.2, -0.15) is 4.31 Å². The van der Waals surface area contributed by atoms with Crippen LogP contribution in [0.4, 0.5) is 0 Å². The number of hydrogen-bond acceptors (Lipinski definition) is 3.